The van der Waals surface area contributed by atoms with Crippen molar-refractivity contribution in [1.29, 1.82) is 0 Å². The van der Waals surface area contributed by atoms with Crippen LogP contribution in [0, 0.1) is 5.92 Å². The summed E-state index contributed by atoms with van der Waals surface area (Å²) in [5.74, 6) is 0.601. The lowest BCUT2D eigenvalue weighted by atomic mass is 10.1. The highest BCUT2D eigenvalue weighted by atomic mass is 19.1. The van der Waals surface area contributed by atoms with Gasteiger partial charge in [-0.2, -0.15) is 0 Å². The summed E-state index contributed by atoms with van der Waals surface area (Å²) in [6.07, 6.45) is 1.13. The van der Waals surface area contributed by atoms with Crippen LogP contribution in [-0.2, 0) is 37.9 Å². The van der Waals surface area contributed by atoms with Gasteiger partial charge in [-0.15, -0.1) is 0 Å². The molecule has 0 fully saturated rings. The van der Waals surface area contributed by atoms with Crippen LogP contribution in [0.3, 0.4) is 0 Å². The second-order valence-corrected chi connectivity index (χ2v) is 6.56. The summed E-state index contributed by atoms with van der Waals surface area (Å²) in [5.41, 5.74) is 0. The molecular formula is C21H43FO8. The lowest BCUT2D eigenvalue weighted by molar-refractivity contribution is -0.0240. The molecule has 0 radical (unpaired) electrons. The SMILES string of the molecule is CCC(C)COCCOCCOCCOCCOCCOCCOCCOCCF. The summed E-state index contributed by atoms with van der Waals surface area (Å²) in [5, 5.41) is 0. The van der Waals surface area contributed by atoms with E-state index >= 15 is 0 Å². The van der Waals surface area contributed by atoms with Gasteiger partial charge in [0.2, 0.25) is 0 Å². The Morgan fingerprint density at radius 3 is 1.00 bits per heavy atom. The molecule has 8 nitrogen and oxygen atoms in total. The molecule has 0 saturated carbocycles. The van der Waals surface area contributed by atoms with E-state index in [1.54, 1.807) is 0 Å². The molecule has 0 aliphatic carbocycles. The molecule has 0 aromatic heterocycles. The van der Waals surface area contributed by atoms with Crippen molar-refractivity contribution in [3.05, 3.63) is 0 Å². The fourth-order valence-corrected chi connectivity index (χ4v) is 2.00. The molecule has 30 heavy (non-hydrogen) atoms. The summed E-state index contributed by atoms with van der Waals surface area (Å²) in [6, 6.07) is 0. The summed E-state index contributed by atoms with van der Waals surface area (Å²) in [6.45, 7) is 12.1. The van der Waals surface area contributed by atoms with E-state index < -0.39 is 6.67 Å². The Labute approximate surface area is 181 Å². The third kappa shape index (κ3) is 25.6. The molecule has 0 aliphatic heterocycles. The average molecular weight is 443 g/mol. The van der Waals surface area contributed by atoms with Crippen molar-refractivity contribution in [3.63, 3.8) is 0 Å². The first-order chi connectivity index (χ1) is 14.8. The highest BCUT2D eigenvalue weighted by Gasteiger charge is 1.98. The van der Waals surface area contributed by atoms with Gasteiger partial charge in [-0.3, -0.25) is 0 Å². The maximum atomic E-state index is 11.8. The molecule has 0 amide bonds. The first kappa shape index (κ1) is 29.6. The van der Waals surface area contributed by atoms with Gasteiger partial charge < -0.3 is 37.9 Å². The minimum absolute atomic E-state index is 0.123. The maximum absolute atomic E-state index is 11.8. The van der Waals surface area contributed by atoms with Crippen LogP contribution < -0.4 is 0 Å². The van der Waals surface area contributed by atoms with E-state index in [-0.39, 0.29) is 6.61 Å². The molecule has 1 atom stereocenters. The van der Waals surface area contributed by atoms with Gasteiger partial charge >= 0.3 is 0 Å². The highest BCUT2D eigenvalue weighted by Crippen LogP contribution is 1.99. The number of hydrogen-bond acceptors (Lipinski definition) is 8. The van der Waals surface area contributed by atoms with Crippen LogP contribution in [0.5, 0.6) is 0 Å². The second kappa shape index (κ2) is 26.6. The van der Waals surface area contributed by atoms with Gasteiger partial charge in [0.25, 0.3) is 0 Å². The molecular weight excluding hydrogens is 399 g/mol. The molecule has 0 N–H and O–H groups in total. The van der Waals surface area contributed by atoms with Gasteiger partial charge in [0, 0.05) is 6.61 Å². The highest BCUT2D eigenvalue weighted by molar-refractivity contribution is 4.46. The molecule has 0 saturated heterocycles. The van der Waals surface area contributed by atoms with Crippen LogP contribution in [0.1, 0.15) is 20.3 Å². The molecule has 0 aromatic carbocycles. The molecule has 0 bridgehead atoms. The Bertz CT molecular complexity index is 313. The minimum atomic E-state index is -0.466. The zero-order chi connectivity index (χ0) is 22.0. The Balaban J connectivity index is 3.00. The van der Waals surface area contributed by atoms with E-state index in [4.69, 9.17) is 37.9 Å². The third-order valence-electron chi connectivity index (χ3n) is 3.92. The van der Waals surface area contributed by atoms with E-state index in [1.807, 2.05) is 0 Å². The number of ether oxygens (including phenoxy) is 8. The van der Waals surface area contributed by atoms with Crippen LogP contribution in [0.4, 0.5) is 4.39 Å². The van der Waals surface area contributed by atoms with E-state index in [9.17, 15) is 4.39 Å². The maximum Gasteiger partial charge on any atom is 0.113 e. The number of hydrogen-bond donors (Lipinski definition) is 0. The number of alkyl halides is 1. The lowest BCUT2D eigenvalue weighted by Crippen LogP contribution is -2.15. The van der Waals surface area contributed by atoms with Crippen molar-refractivity contribution < 1.29 is 42.3 Å². The standard InChI is InChI=1S/C21H43FO8/c1-3-21(2)20-30-19-18-29-17-16-28-15-14-27-13-12-26-11-10-25-9-8-24-7-6-23-5-4-22/h21H,3-20H2,1-2H3. The van der Waals surface area contributed by atoms with E-state index in [0.717, 1.165) is 13.0 Å². The first-order valence-corrected chi connectivity index (χ1v) is 11.0. The van der Waals surface area contributed by atoms with Crippen molar-refractivity contribution >= 4 is 0 Å². The largest absolute Gasteiger partial charge is 0.379 e. The van der Waals surface area contributed by atoms with E-state index in [1.165, 1.54) is 0 Å². The zero-order valence-corrected chi connectivity index (χ0v) is 18.9. The summed E-state index contributed by atoms with van der Waals surface area (Å²) in [7, 11) is 0. The quantitative estimate of drug-likeness (QED) is 0.189. The normalized spacial score (nSPS) is 12.5. The molecule has 0 rings (SSSR count). The van der Waals surface area contributed by atoms with Crippen LogP contribution in [0.15, 0.2) is 0 Å². The van der Waals surface area contributed by atoms with Crippen LogP contribution >= 0.6 is 0 Å². The molecule has 0 aliphatic rings. The van der Waals surface area contributed by atoms with Gasteiger partial charge in [-0.1, -0.05) is 20.3 Å². The van der Waals surface area contributed by atoms with Crippen LogP contribution in [0.25, 0.3) is 0 Å². The molecule has 0 aromatic rings. The van der Waals surface area contributed by atoms with Gasteiger partial charge in [-0.25, -0.2) is 4.39 Å². The van der Waals surface area contributed by atoms with Crippen molar-refractivity contribution in [2.75, 3.05) is 112 Å². The Hall–Kier alpha value is -0.390. The van der Waals surface area contributed by atoms with Crippen molar-refractivity contribution in [2.24, 2.45) is 5.92 Å². The topological polar surface area (TPSA) is 73.8 Å². The summed E-state index contributed by atoms with van der Waals surface area (Å²) < 4.78 is 54.5. The monoisotopic (exact) mass is 442 g/mol. The molecule has 182 valence electrons. The Kier molecular flexibility index (Phi) is 26.3. The Morgan fingerprint density at radius 1 is 0.467 bits per heavy atom. The minimum Gasteiger partial charge on any atom is -0.379 e. The second-order valence-electron chi connectivity index (χ2n) is 6.56. The summed E-state index contributed by atoms with van der Waals surface area (Å²) in [4.78, 5) is 0. The zero-order valence-electron chi connectivity index (χ0n) is 18.9. The Morgan fingerprint density at radius 2 is 0.733 bits per heavy atom. The average Bonchev–Trinajstić information content (AvgIpc) is 2.76. The smallest absolute Gasteiger partial charge is 0.113 e. The number of halogens is 1. The summed E-state index contributed by atoms with van der Waals surface area (Å²) >= 11 is 0. The third-order valence-corrected chi connectivity index (χ3v) is 3.92. The van der Waals surface area contributed by atoms with Crippen molar-refractivity contribution in [3.8, 4) is 0 Å². The fraction of sp³-hybridized carbons (Fsp3) is 1.00. The number of rotatable bonds is 26. The first-order valence-electron chi connectivity index (χ1n) is 11.0. The van der Waals surface area contributed by atoms with Crippen molar-refractivity contribution in [2.45, 2.75) is 20.3 Å². The van der Waals surface area contributed by atoms with E-state index in [2.05, 4.69) is 13.8 Å². The van der Waals surface area contributed by atoms with Gasteiger partial charge in [-0.05, 0) is 5.92 Å². The molecule has 1 unspecified atom stereocenters. The molecule has 0 spiro atoms. The van der Waals surface area contributed by atoms with Gasteiger partial charge in [0.05, 0.1) is 99.1 Å². The van der Waals surface area contributed by atoms with Crippen LogP contribution in [0.2, 0.25) is 0 Å². The van der Waals surface area contributed by atoms with Crippen LogP contribution in [-0.4, -0.2) is 112 Å². The van der Waals surface area contributed by atoms with Gasteiger partial charge in [0.15, 0.2) is 0 Å². The molecule has 9 heteroatoms. The molecule has 0 heterocycles. The lowest BCUT2D eigenvalue weighted by Gasteiger charge is -2.10. The predicted octanol–water partition coefficient (Wildman–Crippen LogP) is 2.13. The predicted molar refractivity (Wildman–Crippen MR) is 112 cm³/mol. The van der Waals surface area contributed by atoms with E-state index in [0.29, 0.717) is 98.4 Å². The van der Waals surface area contributed by atoms with Crippen molar-refractivity contribution in [1.82, 2.24) is 0 Å². The van der Waals surface area contributed by atoms with Gasteiger partial charge in [0.1, 0.15) is 6.67 Å². The fourth-order valence-electron chi connectivity index (χ4n) is 2.00.